The highest BCUT2D eigenvalue weighted by Crippen LogP contribution is 2.22. The molecule has 2 aliphatic rings. The van der Waals surface area contributed by atoms with E-state index in [1.807, 2.05) is 18.3 Å². The van der Waals surface area contributed by atoms with Crippen LogP contribution in [0.15, 0.2) is 30.5 Å². The molecule has 0 saturated carbocycles. The standard InChI is InChI=1S/C20H26FN5O/c1-27-18-5-4-16(14-17(18)21)15-24-10-12-26(13-11-24)20-22-7-6-19(23-20)25-8-2-3-9-25/h4-7,14H,2-3,8-13,15H2,1H3. The SMILES string of the molecule is COc1ccc(CN2CCN(c3nccc(N4CCCC4)n3)CC2)cc1F. The Morgan fingerprint density at radius 3 is 2.48 bits per heavy atom. The Balaban J connectivity index is 1.35. The lowest BCUT2D eigenvalue weighted by molar-refractivity contribution is 0.248. The Bertz CT molecular complexity index is 773. The molecule has 2 aliphatic heterocycles. The first kappa shape index (κ1) is 18.0. The number of aromatic nitrogens is 2. The van der Waals surface area contributed by atoms with E-state index in [2.05, 4.69) is 19.7 Å². The monoisotopic (exact) mass is 371 g/mol. The third-order valence-electron chi connectivity index (χ3n) is 5.34. The number of hydrogen-bond acceptors (Lipinski definition) is 6. The summed E-state index contributed by atoms with van der Waals surface area (Å²) < 4.78 is 18.9. The van der Waals surface area contributed by atoms with Crippen LogP contribution in [0.5, 0.6) is 5.75 Å². The number of halogens is 1. The molecule has 0 radical (unpaired) electrons. The molecule has 0 aliphatic carbocycles. The second-order valence-electron chi connectivity index (χ2n) is 7.14. The van der Waals surface area contributed by atoms with Crippen LogP contribution >= 0.6 is 0 Å². The van der Waals surface area contributed by atoms with Crippen molar-refractivity contribution < 1.29 is 9.13 Å². The van der Waals surface area contributed by atoms with Crippen LogP contribution < -0.4 is 14.5 Å². The van der Waals surface area contributed by atoms with E-state index in [-0.39, 0.29) is 5.82 Å². The van der Waals surface area contributed by atoms with Gasteiger partial charge in [0, 0.05) is 52.0 Å². The minimum absolute atomic E-state index is 0.290. The number of benzene rings is 1. The van der Waals surface area contributed by atoms with Gasteiger partial charge < -0.3 is 14.5 Å². The molecule has 0 atom stereocenters. The third kappa shape index (κ3) is 4.13. The van der Waals surface area contributed by atoms with Gasteiger partial charge in [-0.15, -0.1) is 0 Å². The topological polar surface area (TPSA) is 44.7 Å². The van der Waals surface area contributed by atoms with Crippen LogP contribution in [0.3, 0.4) is 0 Å². The zero-order valence-electron chi connectivity index (χ0n) is 15.8. The molecule has 6 nitrogen and oxygen atoms in total. The van der Waals surface area contributed by atoms with Crippen molar-refractivity contribution in [3.63, 3.8) is 0 Å². The van der Waals surface area contributed by atoms with Gasteiger partial charge in [-0.05, 0) is 36.6 Å². The summed E-state index contributed by atoms with van der Waals surface area (Å²) in [5, 5.41) is 0. The van der Waals surface area contributed by atoms with E-state index in [4.69, 9.17) is 9.72 Å². The number of hydrogen-bond donors (Lipinski definition) is 0. The lowest BCUT2D eigenvalue weighted by atomic mass is 10.2. The molecule has 27 heavy (non-hydrogen) atoms. The minimum atomic E-state index is -0.305. The van der Waals surface area contributed by atoms with Gasteiger partial charge in [0.1, 0.15) is 5.82 Å². The molecule has 0 spiro atoms. The molecule has 1 aromatic carbocycles. The van der Waals surface area contributed by atoms with Crippen LogP contribution in [0.4, 0.5) is 16.2 Å². The average Bonchev–Trinajstić information content (AvgIpc) is 3.24. The van der Waals surface area contributed by atoms with Gasteiger partial charge in [0.05, 0.1) is 7.11 Å². The number of piperazine rings is 1. The van der Waals surface area contributed by atoms with Gasteiger partial charge in [-0.1, -0.05) is 6.07 Å². The van der Waals surface area contributed by atoms with E-state index in [0.29, 0.717) is 5.75 Å². The molecular weight excluding hydrogens is 345 g/mol. The summed E-state index contributed by atoms with van der Waals surface area (Å²) in [4.78, 5) is 16.2. The van der Waals surface area contributed by atoms with E-state index in [9.17, 15) is 4.39 Å². The first-order valence-corrected chi connectivity index (χ1v) is 9.60. The first-order chi connectivity index (χ1) is 13.2. The number of nitrogens with zero attached hydrogens (tertiary/aromatic N) is 5. The molecule has 2 aromatic rings. The van der Waals surface area contributed by atoms with Crippen molar-refractivity contribution in [2.24, 2.45) is 0 Å². The van der Waals surface area contributed by atoms with Crippen LogP contribution in [0.25, 0.3) is 0 Å². The van der Waals surface area contributed by atoms with Crippen LogP contribution in [0, 0.1) is 5.82 Å². The summed E-state index contributed by atoms with van der Waals surface area (Å²) in [5.74, 6) is 1.84. The zero-order valence-corrected chi connectivity index (χ0v) is 15.8. The largest absolute Gasteiger partial charge is 0.494 e. The van der Waals surface area contributed by atoms with Crippen LogP contribution in [0.2, 0.25) is 0 Å². The van der Waals surface area contributed by atoms with Gasteiger partial charge >= 0.3 is 0 Å². The van der Waals surface area contributed by atoms with E-state index in [1.54, 1.807) is 12.1 Å². The molecule has 4 rings (SSSR count). The zero-order chi connectivity index (χ0) is 18.6. The fourth-order valence-corrected chi connectivity index (χ4v) is 3.79. The van der Waals surface area contributed by atoms with Crippen LogP contribution in [-0.4, -0.2) is 61.2 Å². The highest BCUT2D eigenvalue weighted by atomic mass is 19.1. The third-order valence-corrected chi connectivity index (χ3v) is 5.34. The van der Waals surface area contributed by atoms with Crippen molar-refractivity contribution in [3.8, 4) is 5.75 Å². The molecule has 0 N–H and O–H groups in total. The predicted octanol–water partition coefficient (Wildman–Crippen LogP) is 2.55. The van der Waals surface area contributed by atoms with Crippen molar-refractivity contribution in [1.29, 1.82) is 0 Å². The van der Waals surface area contributed by atoms with Gasteiger partial charge in [-0.2, -0.15) is 4.98 Å². The van der Waals surface area contributed by atoms with Crippen molar-refractivity contribution >= 4 is 11.8 Å². The van der Waals surface area contributed by atoms with E-state index < -0.39 is 0 Å². The molecule has 0 unspecified atom stereocenters. The summed E-state index contributed by atoms with van der Waals surface area (Å²) in [7, 11) is 1.48. The Kier molecular flexibility index (Phi) is 5.38. The van der Waals surface area contributed by atoms with Gasteiger partial charge in [-0.3, -0.25) is 4.90 Å². The molecule has 2 saturated heterocycles. The second-order valence-corrected chi connectivity index (χ2v) is 7.14. The van der Waals surface area contributed by atoms with E-state index in [0.717, 1.165) is 63.1 Å². The van der Waals surface area contributed by atoms with Crippen molar-refractivity contribution in [2.75, 3.05) is 56.2 Å². The lowest BCUT2D eigenvalue weighted by Gasteiger charge is -2.35. The molecule has 1 aromatic heterocycles. The van der Waals surface area contributed by atoms with Crippen molar-refractivity contribution in [1.82, 2.24) is 14.9 Å². The summed E-state index contributed by atoms with van der Waals surface area (Å²) in [6.07, 6.45) is 4.34. The normalized spacial score (nSPS) is 18.1. The molecule has 0 bridgehead atoms. The van der Waals surface area contributed by atoms with Gasteiger partial charge in [0.25, 0.3) is 0 Å². The van der Waals surface area contributed by atoms with E-state index >= 15 is 0 Å². The Hall–Kier alpha value is -2.41. The predicted molar refractivity (Wildman–Crippen MR) is 104 cm³/mol. The second kappa shape index (κ2) is 8.08. The first-order valence-electron chi connectivity index (χ1n) is 9.60. The maximum atomic E-state index is 13.9. The fraction of sp³-hybridized carbons (Fsp3) is 0.500. The molecular formula is C20H26FN5O. The van der Waals surface area contributed by atoms with Crippen molar-refractivity contribution in [2.45, 2.75) is 19.4 Å². The van der Waals surface area contributed by atoms with Crippen LogP contribution in [0.1, 0.15) is 18.4 Å². The molecule has 0 amide bonds. The highest BCUT2D eigenvalue weighted by Gasteiger charge is 2.21. The Labute approximate surface area is 159 Å². The average molecular weight is 371 g/mol. The Morgan fingerprint density at radius 1 is 1.00 bits per heavy atom. The molecule has 7 heteroatoms. The van der Waals surface area contributed by atoms with E-state index in [1.165, 1.54) is 20.0 Å². The number of methoxy groups -OCH3 is 1. The summed E-state index contributed by atoms with van der Waals surface area (Å²) in [5.41, 5.74) is 0.967. The van der Waals surface area contributed by atoms with Gasteiger partial charge in [0.15, 0.2) is 11.6 Å². The molecule has 144 valence electrons. The number of ether oxygens (including phenoxy) is 1. The highest BCUT2D eigenvalue weighted by molar-refractivity contribution is 5.44. The van der Waals surface area contributed by atoms with Gasteiger partial charge in [0.2, 0.25) is 5.95 Å². The lowest BCUT2D eigenvalue weighted by Crippen LogP contribution is -2.46. The van der Waals surface area contributed by atoms with Gasteiger partial charge in [-0.25, -0.2) is 9.37 Å². The molecule has 3 heterocycles. The minimum Gasteiger partial charge on any atom is -0.494 e. The quantitative estimate of drug-likeness (QED) is 0.805. The smallest absolute Gasteiger partial charge is 0.227 e. The maximum absolute atomic E-state index is 13.9. The maximum Gasteiger partial charge on any atom is 0.227 e. The fourth-order valence-electron chi connectivity index (χ4n) is 3.79. The summed E-state index contributed by atoms with van der Waals surface area (Å²) >= 11 is 0. The van der Waals surface area contributed by atoms with Crippen LogP contribution in [-0.2, 0) is 6.54 Å². The molecule has 2 fully saturated rings. The van der Waals surface area contributed by atoms with Crippen molar-refractivity contribution in [3.05, 3.63) is 41.8 Å². The number of anilines is 2. The number of rotatable bonds is 5. The Morgan fingerprint density at radius 2 is 1.78 bits per heavy atom. The summed E-state index contributed by atoms with van der Waals surface area (Å²) in [6, 6.07) is 7.19. The summed E-state index contributed by atoms with van der Waals surface area (Å²) in [6.45, 7) is 6.48.